The molecule has 1 saturated heterocycles. The minimum atomic E-state index is -0.238. The van der Waals surface area contributed by atoms with E-state index in [0.29, 0.717) is 13.0 Å². The number of hydrogen-bond acceptors (Lipinski definition) is 2. The minimum Gasteiger partial charge on any atom is -0.353 e. The van der Waals surface area contributed by atoms with Gasteiger partial charge in [0, 0.05) is 24.7 Å². The summed E-state index contributed by atoms with van der Waals surface area (Å²) in [6.07, 6.45) is 1.20. The zero-order chi connectivity index (χ0) is 14.7. The summed E-state index contributed by atoms with van der Waals surface area (Å²) in [5.41, 5.74) is 2.03. The van der Waals surface area contributed by atoms with E-state index in [0.717, 1.165) is 17.7 Å². The summed E-state index contributed by atoms with van der Waals surface area (Å²) in [7, 11) is 0. The number of anilines is 1. The molecule has 1 aromatic rings. The van der Waals surface area contributed by atoms with Gasteiger partial charge in [-0.15, -0.1) is 0 Å². The number of amides is 2. The van der Waals surface area contributed by atoms with Crippen LogP contribution < -0.4 is 10.2 Å². The van der Waals surface area contributed by atoms with Gasteiger partial charge in [0.25, 0.3) is 0 Å². The number of carbonyl (C=O) groups is 2. The highest BCUT2D eigenvalue weighted by atomic mass is 16.2. The molecule has 4 heteroatoms. The van der Waals surface area contributed by atoms with E-state index in [1.54, 1.807) is 4.90 Å². The van der Waals surface area contributed by atoms with Crippen molar-refractivity contribution in [3.63, 3.8) is 0 Å². The Kier molecular flexibility index (Phi) is 4.42. The number of aryl methyl sites for hydroxylation is 1. The van der Waals surface area contributed by atoms with E-state index in [4.69, 9.17) is 0 Å². The predicted molar refractivity (Wildman–Crippen MR) is 79.5 cm³/mol. The Morgan fingerprint density at radius 1 is 1.40 bits per heavy atom. The molecule has 0 bridgehead atoms. The normalized spacial score (nSPS) is 20.1. The van der Waals surface area contributed by atoms with Crippen LogP contribution in [-0.2, 0) is 9.59 Å². The van der Waals surface area contributed by atoms with E-state index in [-0.39, 0.29) is 23.8 Å². The lowest BCUT2D eigenvalue weighted by Gasteiger charge is -2.18. The standard InChI is InChI=1S/C16H22N2O2/c1-4-12(3)17-16(20)13-9-15(19)18(10-13)14-7-5-11(2)6-8-14/h5-8,12-13H,4,9-10H2,1-3H3,(H,17,20). The summed E-state index contributed by atoms with van der Waals surface area (Å²) in [6, 6.07) is 7.99. The molecule has 0 radical (unpaired) electrons. The maximum Gasteiger partial charge on any atom is 0.227 e. The number of carbonyl (C=O) groups excluding carboxylic acids is 2. The lowest BCUT2D eigenvalue weighted by molar-refractivity contribution is -0.126. The molecule has 1 fully saturated rings. The Morgan fingerprint density at radius 3 is 2.65 bits per heavy atom. The Labute approximate surface area is 120 Å². The van der Waals surface area contributed by atoms with Gasteiger partial charge in [0.2, 0.25) is 11.8 Å². The van der Waals surface area contributed by atoms with Crippen molar-refractivity contribution < 1.29 is 9.59 Å². The summed E-state index contributed by atoms with van der Waals surface area (Å²) >= 11 is 0. The van der Waals surface area contributed by atoms with Gasteiger partial charge in [0.1, 0.15) is 0 Å². The van der Waals surface area contributed by atoms with Gasteiger partial charge < -0.3 is 10.2 Å². The number of rotatable bonds is 4. The number of nitrogens with zero attached hydrogens (tertiary/aromatic N) is 1. The highest BCUT2D eigenvalue weighted by Crippen LogP contribution is 2.25. The van der Waals surface area contributed by atoms with Crippen LogP contribution in [-0.4, -0.2) is 24.4 Å². The number of nitrogens with one attached hydrogen (secondary N) is 1. The van der Waals surface area contributed by atoms with Crippen molar-refractivity contribution in [2.45, 2.75) is 39.7 Å². The van der Waals surface area contributed by atoms with E-state index in [9.17, 15) is 9.59 Å². The van der Waals surface area contributed by atoms with Gasteiger partial charge in [-0.2, -0.15) is 0 Å². The Bertz CT molecular complexity index is 496. The molecule has 2 amide bonds. The van der Waals surface area contributed by atoms with Crippen molar-refractivity contribution in [2.24, 2.45) is 5.92 Å². The zero-order valence-electron chi connectivity index (χ0n) is 12.3. The molecule has 1 aromatic carbocycles. The number of benzene rings is 1. The lowest BCUT2D eigenvalue weighted by Crippen LogP contribution is -2.38. The van der Waals surface area contributed by atoms with Crippen LogP contribution in [0.3, 0.4) is 0 Å². The van der Waals surface area contributed by atoms with Crippen molar-refractivity contribution in [3.05, 3.63) is 29.8 Å². The van der Waals surface area contributed by atoms with Crippen LogP contribution in [0.2, 0.25) is 0 Å². The first kappa shape index (κ1) is 14.6. The highest BCUT2D eigenvalue weighted by molar-refractivity contribution is 6.00. The van der Waals surface area contributed by atoms with E-state index < -0.39 is 0 Å². The first-order chi connectivity index (χ1) is 9.51. The monoisotopic (exact) mass is 274 g/mol. The topological polar surface area (TPSA) is 49.4 Å². The molecule has 2 atom stereocenters. The maximum absolute atomic E-state index is 12.1. The molecule has 20 heavy (non-hydrogen) atoms. The molecule has 1 N–H and O–H groups in total. The van der Waals surface area contributed by atoms with Crippen LogP contribution in [0.15, 0.2) is 24.3 Å². The fourth-order valence-electron chi connectivity index (χ4n) is 2.32. The molecule has 1 aliphatic rings. The van der Waals surface area contributed by atoms with Crippen molar-refractivity contribution >= 4 is 17.5 Å². The summed E-state index contributed by atoms with van der Waals surface area (Å²) < 4.78 is 0. The maximum atomic E-state index is 12.1. The molecule has 1 heterocycles. The van der Waals surface area contributed by atoms with Crippen molar-refractivity contribution in [1.29, 1.82) is 0 Å². The van der Waals surface area contributed by atoms with Gasteiger partial charge in [-0.1, -0.05) is 24.6 Å². The van der Waals surface area contributed by atoms with Gasteiger partial charge in [-0.05, 0) is 32.4 Å². The smallest absolute Gasteiger partial charge is 0.227 e. The summed E-state index contributed by atoms with van der Waals surface area (Å²) in [5, 5.41) is 2.96. The molecule has 2 unspecified atom stereocenters. The lowest BCUT2D eigenvalue weighted by atomic mass is 10.1. The van der Waals surface area contributed by atoms with Gasteiger partial charge in [0.05, 0.1) is 5.92 Å². The average molecular weight is 274 g/mol. The van der Waals surface area contributed by atoms with E-state index in [1.165, 1.54) is 0 Å². The second-order valence-electron chi connectivity index (χ2n) is 5.56. The van der Waals surface area contributed by atoms with Gasteiger partial charge >= 0.3 is 0 Å². The first-order valence-corrected chi connectivity index (χ1v) is 7.18. The Balaban J connectivity index is 2.03. The van der Waals surface area contributed by atoms with E-state index >= 15 is 0 Å². The minimum absolute atomic E-state index is 0.0117. The third-order valence-electron chi connectivity index (χ3n) is 3.84. The fraction of sp³-hybridized carbons (Fsp3) is 0.500. The van der Waals surface area contributed by atoms with Crippen LogP contribution in [0.5, 0.6) is 0 Å². The molecule has 108 valence electrons. The van der Waals surface area contributed by atoms with E-state index in [1.807, 2.05) is 45.0 Å². The quantitative estimate of drug-likeness (QED) is 0.915. The third-order valence-corrected chi connectivity index (χ3v) is 3.84. The van der Waals surface area contributed by atoms with Crippen molar-refractivity contribution in [1.82, 2.24) is 5.32 Å². The highest BCUT2D eigenvalue weighted by Gasteiger charge is 2.35. The van der Waals surface area contributed by atoms with Crippen LogP contribution in [0, 0.1) is 12.8 Å². The van der Waals surface area contributed by atoms with Gasteiger partial charge in [-0.3, -0.25) is 9.59 Å². The van der Waals surface area contributed by atoms with Gasteiger partial charge in [-0.25, -0.2) is 0 Å². The molecule has 0 aliphatic carbocycles. The second-order valence-corrected chi connectivity index (χ2v) is 5.56. The first-order valence-electron chi connectivity index (χ1n) is 7.18. The van der Waals surface area contributed by atoms with Crippen molar-refractivity contribution in [2.75, 3.05) is 11.4 Å². The molecule has 0 saturated carbocycles. The third kappa shape index (κ3) is 3.18. The average Bonchev–Trinajstić information content (AvgIpc) is 2.81. The Morgan fingerprint density at radius 2 is 2.05 bits per heavy atom. The van der Waals surface area contributed by atoms with Crippen LogP contribution >= 0.6 is 0 Å². The summed E-state index contributed by atoms with van der Waals surface area (Å²) in [5.74, 6) is -0.224. The molecule has 1 aliphatic heterocycles. The molecule has 2 rings (SSSR count). The molecule has 0 spiro atoms. The predicted octanol–water partition coefficient (Wildman–Crippen LogP) is 2.26. The SMILES string of the molecule is CCC(C)NC(=O)C1CC(=O)N(c2ccc(C)cc2)C1. The summed E-state index contributed by atoms with van der Waals surface area (Å²) in [6.45, 7) is 6.50. The summed E-state index contributed by atoms with van der Waals surface area (Å²) in [4.78, 5) is 25.9. The molecule has 0 aromatic heterocycles. The Hall–Kier alpha value is -1.84. The molecule has 4 nitrogen and oxygen atoms in total. The van der Waals surface area contributed by atoms with Crippen molar-refractivity contribution in [3.8, 4) is 0 Å². The zero-order valence-corrected chi connectivity index (χ0v) is 12.3. The van der Waals surface area contributed by atoms with Crippen LogP contribution in [0.4, 0.5) is 5.69 Å². The van der Waals surface area contributed by atoms with Crippen LogP contribution in [0.1, 0.15) is 32.3 Å². The largest absolute Gasteiger partial charge is 0.353 e. The van der Waals surface area contributed by atoms with E-state index in [2.05, 4.69) is 5.32 Å². The van der Waals surface area contributed by atoms with Crippen LogP contribution in [0.25, 0.3) is 0 Å². The van der Waals surface area contributed by atoms with Gasteiger partial charge in [0.15, 0.2) is 0 Å². The molecular weight excluding hydrogens is 252 g/mol. The molecular formula is C16H22N2O2. The second kappa shape index (κ2) is 6.07. The number of hydrogen-bond donors (Lipinski definition) is 1. The fourth-order valence-corrected chi connectivity index (χ4v) is 2.32.